The molecule has 2 atom stereocenters. The molecular weight excluding hydrogens is 238 g/mol. The van der Waals surface area contributed by atoms with E-state index in [4.69, 9.17) is 9.47 Å². The first kappa shape index (κ1) is 14.8. The van der Waals surface area contributed by atoms with Crippen LogP contribution in [0.25, 0.3) is 0 Å². The van der Waals surface area contributed by atoms with Gasteiger partial charge in [-0.15, -0.1) is 0 Å². The van der Waals surface area contributed by atoms with E-state index in [2.05, 4.69) is 10.1 Å². The number of nitrogens with one attached hydrogen (secondary N) is 1. The molecule has 1 fully saturated rings. The molecule has 1 aliphatic rings. The van der Waals surface area contributed by atoms with E-state index in [1.807, 2.05) is 13.8 Å². The van der Waals surface area contributed by atoms with Gasteiger partial charge in [-0.2, -0.15) is 0 Å². The summed E-state index contributed by atoms with van der Waals surface area (Å²) in [5.74, 6) is -0.469. The molecule has 18 heavy (non-hydrogen) atoms. The molecule has 0 aliphatic carbocycles. The van der Waals surface area contributed by atoms with Gasteiger partial charge < -0.3 is 19.5 Å². The summed E-state index contributed by atoms with van der Waals surface area (Å²) in [6.45, 7) is 4.49. The van der Waals surface area contributed by atoms with Crippen LogP contribution in [0.5, 0.6) is 0 Å². The maximum absolute atomic E-state index is 11.7. The van der Waals surface area contributed by atoms with Crippen molar-refractivity contribution in [3.63, 3.8) is 0 Å². The molecule has 0 aromatic carbocycles. The average molecular weight is 259 g/mol. The molecule has 0 saturated carbocycles. The summed E-state index contributed by atoms with van der Waals surface area (Å²) in [4.78, 5) is 23.0. The predicted octanol–water partition coefficient (Wildman–Crippen LogP) is 1.09. The van der Waals surface area contributed by atoms with E-state index in [1.54, 1.807) is 0 Å². The minimum absolute atomic E-state index is 0.0136. The number of amides is 1. The molecular formula is C12H21NO5. The Morgan fingerprint density at radius 3 is 2.50 bits per heavy atom. The molecule has 0 radical (unpaired) electrons. The summed E-state index contributed by atoms with van der Waals surface area (Å²) in [6.07, 6.45) is 0.749. The largest absolute Gasteiger partial charge is 0.467 e. The lowest BCUT2D eigenvalue weighted by atomic mass is 9.83. The van der Waals surface area contributed by atoms with Crippen molar-refractivity contribution >= 4 is 12.1 Å². The smallest absolute Gasteiger partial charge is 0.407 e. The minimum atomic E-state index is -0.689. The zero-order chi connectivity index (χ0) is 13.8. The van der Waals surface area contributed by atoms with Crippen molar-refractivity contribution in [3.8, 4) is 0 Å². The van der Waals surface area contributed by atoms with Gasteiger partial charge in [-0.25, -0.2) is 9.59 Å². The van der Waals surface area contributed by atoms with Crippen LogP contribution >= 0.6 is 0 Å². The summed E-state index contributed by atoms with van der Waals surface area (Å²) in [5.41, 5.74) is -0.299. The van der Waals surface area contributed by atoms with Crippen LogP contribution < -0.4 is 5.32 Å². The number of esters is 1. The van der Waals surface area contributed by atoms with Gasteiger partial charge in [0.25, 0.3) is 0 Å². The van der Waals surface area contributed by atoms with Gasteiger partial charge in [0.05, 0.1) is 19.8 Å². The number of carbonyl (C=O) groups is 2. The highest BCUT2D eigenvalue weighted by molar-refractivity contribution is 5.81. The van der Waals surface area contributed by atoms with Crippen LogP contribution in [0.3, 0.4) is 0 Å². The van der Waals surface area contributed by atoms with Gasteiger partial charge in [0.1, 0.15) is 6.04 Å². The van der Waals surface area contributed by atoms with Crippen molar-refractivity contribution < 1.29 is 23.8 Å². The first-order valence-electron chi connectivity index (χ1n) is 5.96. The van der Waals surface area contributed by atoms with Gasteiger partial charge in [0.2, 0.25) is 0 Å². The molecule has 0 spiro atoms. The number of hydrogen-bond acceptors (Lipinski definition) is 5. The zero-order valence-corrected chi connectivity index (χ0v) is 11.3. The van der Waals surface area contributed by atoms with Gasteiger partial charge in [-0.3, -0.25) is 0 Å². The molecule has 0 unspecified atom stereocenters. The fraction of sp³-hybridized carbons (Fsp3) is 0.833. The first-order valence-corrected chi connectivity index (χ1v) is 5.96. The lowest BCUT2D eigenvalue weighted by Gasteiger charge is -2.38. The zero-order valence-electron chi connectivity index (χ0n) is 11.3. The summed E-state index contributed by atoms with van der Waals surface area (Å²) in [5, 5.41) is 2.53. The molecule has 1 heterocycles. The molecule has 0 aromatic heterocycles. The number of hydrogen-bond donors (Lipinski definition) is 1. The molecule has 6 heteroatoms. The Labute approximate surface area is 107 Å². The first-order chi connectivity index (χ1) is 8.39. The highest BCUT2D eigenvalue weighted by atomic mass is 16.5. The number of rotatable bonds is 3. The Morgan fingerprint density at radius 2 is 2.00 bits per heavy atom. The van der Waals surface area contributed by atoms with Crippen molar-refractivity contribution in [2.24, 2.45) is 5.92 Å². The van der Waals surface area contributed by atoms with Gasteiger partial charge in [-0.1, -0.05) is 0 Å². The van der Waals surface area contributed by atoms with Crippen molar-refractivity contribution in [1.82, 2.24) is 5.32 Å². The second-order valence-electron chi connectivity index (χ2n) is 5.00. The third-order valence-electron chi connectivity index (χ3n) is 3.12. The van der Waals surface area contributed by atoms with Gasteiger partial charge >= 0.3 is 12.1 Å². The molecule has 1 rings (SSSR count). The van der Waals surface area contributed by atoms with Crippen LogP contribution in [0.2, 0.25) is 0 Å². The normalized spacial score (nSPS) is 23.9. The molecule has 104 valence electrons. The summed E-state index contributed by atoms with van der Waals surface area (Å²) < 4.78 is 14.9. The Hall–Kier alpha value is -1.30. The Balaban J connectivity index is 2.75. The maximum Gasteiger partial charge on any atom is 0.407 e. The Kier molecular flexibility index (Phi) is 4.95. The summed E-state index contributed by atoms with van der Waals surface area (Å²) >= 11 is 0. The maximum atomic E-state index is 11.7. The number of methoxy groups -OCH3 is 2. The van der Waals surface area contributed by atoms with Crippen molar-refractivity contribution in [2.45, 2.75) is 38.3 Å². The van der Waals surface area contributed by atoms with Crippen LogP contribution in [0.15, 0.2) is 0 Å². The van der Waals surface area contributed by atoms with E-state index in [-0.39, 0.29) is 11.5 Å². The van der Waals surface area contributed by atoms with E-state index in [9.17, 15) is 9.59 Å². The van der Waals surface area contributed by atoms with Crippen molar-refractivity contribution in [3.05, 3.63) is 0 Å². The molecule has 1 saturated heterocycles. The Bertz CT molecular complexity index is 316. The lowest BCUT2D eigenvalue weighted by Crippen LogP contribution is -2.50. The van der Waals surface area contributed by atoms with E-state index in [0.717, 1.165) is 0 Å². The number of alkyl carbamates (subject to hydrolysis) is 1. The average Bonchev–Trinajstić information content (AvgIpc) is 2.33. The highest BCUT2D eigenvalue weighted by Crippen LogP contribution is 2.31. The van der Waals surface area contributed by atoms with Crippen LogP contribution in [0.4, 0.5) is 4.79 Å². The van der Waals surface area contributed by atoms with Crippen molar-refractivity contribution in [1.29, 1.82) is 0 Å². The third-order valence-corrected chi connectivity index (χ3v) is 3.12. The van der Waals surface area contributed by atoms with Gasteiger partial charge in [-0.05, 0) is 32.6 Å². The monoisotopic (exact) mass is 259 g/mol. The third kappa shape index (κ3) is 3.87. The number of ether oxygens (including phenoxy) is 3. The standard InChI is InChI=1S/C12H21NO5/c1-12(2)7-8(5-6-18-12)9(10(14)16-3)13-11(15)17-4/h8-9H,5-7H2,1-4H3,(H,13,15)/t8-,9+/m1/s1. The predicted molar refractivity (Wildman–Crippen MR) is 64.1 cm³/mol. The van der Waals surface area contributed by atoms with E-state index in [0.29, 0.717) is 19.4 Å². The Morgan fingerprint density at radius 1 is 1.33 bits per heavy atom. The van der Waals surface area contributed by atoms with Gasteiger partial charge in [0.15, 0.2) is 0 Å². The van der Waals surface area contributed by atoms with E-state index in [1.165, 1.54) is 14.2 Å². The van der Waals surface area contributed by atoms with Crippen molar-refractivity contribution in [2.75, 3.05) is 20.8 Å². The van der Waals surface area contributed by atoms with Crippen LogP contribution in [0, 0.1) is 5.92 Å². The molecule has 0 aromatic rings. The van der Waals surface area contributed by atoms with Gasteiger partial charge in [0, 0.05) is 6.61 Å². The minimum Gasteiger partial charge on any atom is -0.467 e. The topological polar surface area (TPSA) is 73.9 Å². The second kappa shape index (κ2) is 6.04. The van der Waals surface area contributed by atoms with E-state index >= 15 is 0 Å². The lowest BCUT2D eigenvalue weighted by molar-refractivity contribution is -0.147. The molecule has 1 aliphatic heterocycles. The quantitative estimate of drug-likeness (QED) is 0.768. The number of carbonyl (C=O) groups excluding carboxylic acids is 2. The van der Waals surface area contributed by atoms with Crippen LogP contribution in [0.1, 0.15) is 26.7 Å². The molecule has 1 amide bonds. The molecule has 6 nitrogen and oxygen atoms in total. The SMILES string of the molecule is COC(=O)N[C@H](C(=O)OC)[C@@H]1CCOC(C)(C)C1. The summed E-state index contributed by atoms with van der Waals surface area (Å²) in [7, 11) is 2.57. The van der Waals surface area contributed by atoms with E-state index < -0.39 is 18.1 Å². The highest BCUT2D eigenvalue weighted by Gasteiger charge is 2.38. The summed E-state index contributed by atoms with van der Waals surface area (Å²) in [6, 6.07) is -0.689. The van der Waals surface area contributed by atoms with Crippen LogP contribution in [-0.4, -0.2) is 44.5 Å². The molecule has 1 N–H and O–H groups in total. The molecule has 0 bridgehead atoms. The fourth-order valence-corrected chi connectivity index (χ4v) is 2.25. The second-order valence-corrected chi connectivity index (χ2v) is 5.00. The fourth-order valence-electron chi connectivity index (χ4n) is 2.25. The van der Waals surface area contributed by atoms with Crippen LogP contribution in [-0.2, 0) is 19.0 Å².